The van der Waals surface area contributed by atoms with Gasteiger partial charge in [0.05, 0.1) is 0 Å². The van der Waals surface area contributed by atoms with Gasteiger partial charge in [0, 0.05) is 6.42 Å². The molecule has 0 aliphatic carbocycles. The maximum atomic E-state index is 5.72. The largest absolute Gasteiger partial charge is 0.483 e. The molecular weight excluding hydrogens is 216 g/mol. The molecule has 4 nitrogen and oxygen atoms in total. The third kappa shape index (κ3) is 2.64. The molecule has 17 heavy (non-hydrogen) atoms. The molecule has 0 atom stereocenters. The van der Waals surface area contributed by atoms with Gasteiger partial charge in [-0.3, -0.25) is 0 Å². The van der Waals surface area contributed by atoms with E-state index in [-0.39, 0.29) is 0 Å². The zero-order valence-corrected chi connectivity index (χ0v) is 10.4. The van der Waals surface area contributed by atoms with Crippen LogP contribution in [0.3, 0.4) is 0 Å². The molecule has 0 spiro atoms. The van der Waals surface area contributed by atoms with E-state index in [9.17, 15) is 0 Å². The summed E-state index contributed by atoms with van der Waals surface area (Å²) in [5.41, 5.74) is 2.22. The highest BCUT2D eigenvalue weighted by Crippen LogP contribution is 2.23. The summed E-state index contributed by atoms with van der Waals surface area (Å²) in [6, 6.07) is 6.06. The molecule has 0 radical (unpaired) electrons. The van der Waals surface area contributed by atoms with Crippen LogP contribution >= 0.6 is 0 Å². The Kier molecular flexibility index (Phi) is 3.42. The standard InChI is InChI=1S/C13H16N2O2/c1-4-11-14-12(17-15-11)8-16-13-9(2)6-5-7-10(13)3/h5-7H,4,8H2,1-3H3. The Balaban J connectivity index is 2.07. The molecule has 0 amide bonds. The van der Waals surface area contributed by atoms with Gasteiger partial charge in [-0.15, -0.1) is 0 Å². The minimum absolute atomic E-state index is 0.318. The van der Waals surface area contributed by atoms with Crippen LogP contribution in [0.5, 0.6) is 5.75 Å². The number of hydrogen-bond acceptors (Lipinski definition) is 4. The fourth-order valence-electron chi connectivity index (χ4n) is 1.65. The number of rotatable bonds is 4. The Morgan fingerprint density at radius 3 is 2.53 bits per heavy atom. The molecule has 2 rings (SSSR count). The fraction of sp³-hybridized carbons (Fsp3) is 0.385. The third-order valence-electron chi connectivity index (χ3n) is 2.58. The first-order valence-corrected chi connectivity index (χ1v) is 5.71. The predicted molar refractivity (Wildman–Crippen MR) is 63.9 cm³/mol. The van der Waals surface area contributed by atoms with Gasteiger partial charge in [-0.1, -0.05) is 30.3 Å². The topological polar surface area (TPSA) is 48.2 Å². The first-order valence-electron chi connectivity index (χ1n) is 5.71. The maximum Gasteiger partial charge on any atom is 0.264 e. The van der Waals surface area contributed by atoms with Crippen molar-refractivity contribution in [1.29, 1.82) is 0 Å². The van der Waals surface area contributed by atoms with Gasteiger partial charge in [0.2, 0.25) is 0 Å². The highest BCUT2D eigenvalue weighted by atomic mass is 16.5. The average molecular weight is 232 g/mol. The van der Waals surface area contributed by atoms with Crippen LogP contribution in [0, 0.1) is 13.8 Å². The van der Waals surface area contributed by atoms with E-state index < -0.39 is 0 Å². The number of aryl methyl sites for hydroxylation is 3. The number of benzene rings is 1. The van der Waals surface area contributed by atoms with Gasteiger partial charge in [0.25, 0.3) is 5.89 Å². The minimum atomic E-state index is 0.318. The predicted octanol–water partition coefficient (Wildman–Crippen LogP) is 2.83. The second kappa shape index (κ2) is 4.99. The molecule has 2 aromatic rings. The molecule has 1 aromatic heterocycles. The van der Waals surface area contributed by atoms with Crippen LogP contribution in [-0.4, -0.2) is 10.1 Å². The summed E-state index contributed by atoms with van der Waals surface area (Å²) in [4.78, 5) is 4.20. The molecule has 0 aliphatic heterocycles. The van der Waals surface area contributed by atoms with E-state index in [1.54, 1.807) is 0 Å². The Morgan fingerprint density at radius 2 is 1.94 bits per heavy atom. The molecule has 0 unspecified atom stereocenters. The third-order valence-corrected chi connectivity index (χ3v) is 2.58. The molecule has 0 aliphatic rings. The van der Waals surface area contributed by atoms with Crippen molar-refractivity contribution in [2.24, 2.45) is 0 Å². The Labute approximate surface area is 101 Å². The number of hydrogen-bond donors (Lipinski definition) is 0. The van der Waals surface area contributed by atoms with Crippen molar-refractivity contribution in [3.05, 3.63) is 41.0 Å². The van der Waals surface area contributed by atoms with Crippen LogP contribution in [0.15, 0.2) is 22.7 Å². The van der Waals surface area contributed by atoms with Gasteiger partial charge in [0.1, 0.15) is 5.75 Å². The van der Waals surface area contributed by atoms with E-state index in [0.29, 0.717) is 18.3 Å². The second-order valence-corrected chi connectivity index (χ2v) is 3.97. The molecule has 0 N–H and O–H groups in total. The van der Waals surface area contributed by atoms with E-state index in [4.69, 9.17) is 9.26 Å². The molecular formula is C13H16N2O2. The van der Waals surface area contributed by atoms with Crippen LogP contribution in [0.2, 0.25) is 0 Å². The van der Waals surface area contributed by atoms with Crippen molar-refractivity contribution in [1.82, 2.24) is 10.1 Å². The van der Waals surface area contributed by atoms with Crippen molar-refractivity contribution in [3.63, 3.8) is 0 Å². The number of nitrogens with zero attached hydrogens (tertiary/aromatic N) is 2. The van der Waals surface area contributed by atoms with Gasteiger partial charge >= 0.3 is 0 Å². The quantitative estimate of drug-likeness (QED) is 0.813. The Hall–Kier alpha value is -1.84. The fourth-order valence-corrected chi connectivity index (χ4v) is 1.65. The molecule has 4 heteroatoms. The SMILES string of the molecule is CCc1noc(COc2c(C)cccc2C)n1. The lowest BCUT2D eigenvalue weighted by Gasteiger charge is -2.09. The zero-order chi connectivity index (χ0) is 12.3. The average Bonchev–Trinajstić information content (AvgIpc) is 2.76. The molecule has 1 aromatic carbocycles. The van der Waals surface area contributed by atoms with Crippen LogP contribution in [0.1, 0.15) is 29.8 Å². The van der Waals surface area contributed by atoms with Crippen molar-refractivity contribution in [2.75, 3.05) is 0 Å². The number of aromatic nitrogens is 2. The van der Waals surface area contributed by atoms with Gasteiger partial charge in [-0.05, 0) is 25.0 Å². The van der Waals surface area contributed by atoms with Crippen LogP contribution in [0.25, 0.3) is 0 Å². The lowest BCUT2D eigenvalue weighted by atomic mass is 10.1. The number of para-hydroxylation sites is 1. The van der Waals surface area contributed by atoms with Gasteiger partial charge < -0.3 is 9.26 Å². The van der Waals surface area contributed by atoms with E-state index in [2.05, 4.69) is 10.1 Å². The molecule has 1 heterocycles. The van der Waals surface area contributed by atoms with Gasteiger partial charge in [0.15, 0.2) is 12.4 Å². The Bertz CT molecular complexity index is 486. The van der Waals surface area contributed by atoms with Gasteiger partial charge in [-0.25, -0.2) is 0 Å². The van der Waals surface area contributed by atoms with Crippen LogP contribution < -0.4 is 4.74 Å². The number of ether oxygens (including phenoxy) is 1. The first-order chi connectivity index (χ1) is 8.20. The molecule has 0 bridgehead atoms. The Morgan fingerprint density at radius 1 is 1.24 bits per heavy atom. The summed E-state index contributed by atoms with van der Waals surface area (Å²) < 4.78 is 10.8. The molecule has 90 valence electrons. The lowest BCUT2D eigenvalue weighted by Crippen LogP contribution is -1.99. The van der Waals surface area contributed by atoms with E-state index in [0.717, 1.165) is 23.3 Å². The second-order valence-electron chi connectivity index (χ2n) is 3.97. The normalized spacial score (nSPS) is 10.5. The minimum Gasteiger partial charge on any atom is -0.483 e. The van der Waals surface area contributed by atoms with Crippen molar-refractivity contribution in [3.8, 4) is 5.75 Å². The zero-order valence-electron chi connectivity index (χ0n) is 10.4. The summed E-state index contributed by atoms with van der Waals surface area (Å²) >= 11 is 0. The van der Waals surface area contributed by atoms with E-state index in [1.807, 2.05) is 39.0 Å². The lowest BCUT2D eigenvalue weighted by molar-refractivity contribution is 0.240. The van der Waals surface area contributed by atoms with Crippen molar-refractivity contribution < 1.29 is 9.26 Å². The summed E-state index contributed by atoms with van der Waals surface area (Å²) in [6.45, 7) is 6.35. The van der Waals surface area contributed by atoms with Crippen LogP contribution in [0.4, 0.5) is 0 Å². The smallest absolute Gasteiger partial charge is 0.264 e. The summed E-state index contributed by atoms with van der Waals surface area (Å²) in [5.74, 6) is 2.12. The van der Waals surface area contributed by atoms with Gasteiger partial charge in [-0.2, -0.15) is 4.98 Å². The van der Waals surface area contributed by atoms with E-state index in [1.165, 1.54) is 0 Å². The molecule has 0 saturated carbocycles. The molecule has 0 fully saturated rings. The highest BCUT2D eigenvalue weighted by molar-refractivity contribution is 5.39. The first kappa shape index (κ1) is 11.6. The molecule has 0 saturated heterocycles. The summed E-state index contributed by atoms with van der Waals surface area (Å²) in [6.07, 6.45) is 0.771. The summed E-state index contributed by atoms with van der Waals surface area (Å²) in [7, 11) is 0. The highest BCUT2D eigenvalue weighted by Gasteiger charge is 2.08. The van der Waals surface area contributed by atoms with Crippen LogP contribution in [-0.2, 0) is 13.0 Å². The monoisotopic (exact) mass is 232 g/mol. The summed E-state index contributed by atoms with van der Waals surface area (Å²) in [5, 5.41) is 3.83. The van der Waals surface area contributed by atoms with Crippen molar-refractivity contribution in [2.45, 2.75) is 33.8 Å². The van der Waals surface area contributed by atoms with E-state index >= 15 is 0 Å². The van der Waals surface area contributed by atoms with Crippen molar-refractivity contribution >= 4 is 0 Å². The maximum absolute atomic E-state index is 5.72.